The smallest absolute Gasteiger partial charge is 0.475 e. The molecule has 0 amide bonds. The summed E-state index contributed by atoms with van der Waals surface area (Å²) in [7, 11) is -3.40. The van der Waals surface area contributed by atoms with E-state index in [9.17, 15) is 47.9 Å². The molecule has 40 heavy (non-hydrogen) atoms. The van der Waals surface area contributed by atoms with Crippen molar-refractivity contribution in [3.63, 3.8) is 0 Å². The Morgan fingerprint density at radius 3 is 1.85 bits per heavy atom. The lowest BCUT2D eigenvalue weighted by molar-refractivity contribution is -0.193. The van der Waals surface area contributed by atoms with Crippen LogP contribution in [0.5, 0.6) is 0 Å². The molecule has 0 aliphatic carbocycles. The number of alkyl halides is 9. The molecule has 1 atom stereocenters. The Morgan fingerprint density at radius 2 is 1.45 bits per heavy atom. The predicted octanol–water partition coefficient (Wildman–Crippen LogP) is 3.11. The van der Waals surface area contributed by atoms with E-state index in [1.165, 1.54) is 0 Å². The van der Waals surface area contributed by atoms with Gasteiger partial charge in [0.15, 0.2) is 0 Å². The number of nitrogens with zero attached hydrogens (tertiary/aromatic N) is 3. The van der Waals surface area contributed by atoms with Crippen molar-refractivity contribution in [3.8, 4) is 0 Å². The lowest BCUT2D eigenvalue weighted by Gasteiger charge is -2.57. The van der Waals surface area contributed by atoms with Crippen LogP contribution in [0.4, 0.5) is 39.5 Å². The molecule has 0 aromatic carbocycles. The molecule has 0 saturated carbocycles. The Balaban J connectivity index is 0.000000473. The maximum atomic E-state index is 12.7. The Labute approximate surface area is 221 Å². The molecule has 2 N–H and O–H groups in total. The fourth-order valence-corrected chi connectivity index (χ4v) is 4.78. The van der Waals surface area contributed by atoms with Gasteiger partial charge in [0, 0.05) is 37.6 Å². The number of piperidine rings is 1. The summed E-state index contributed by atoms with van der Waals surface area (Å²) in [6.45, 7) is 1.43. The third-order valence-corrected chi connectivity index (χ3v) is 7.30. The molecule has 3 heterocycles. The highest BCUT2D eigenvalue weighted by atomic mass is 32.2. The van der Waals surface area contributed by atoms with Crippen LogP contribution < -0.4 is 0 Å². The molecule has 1 aromatic heterocycles. The van der Waals surface area contributed by atoms with Crippen molar-refractivity contribution in [1.82, 2.24) is 14.2 Å². The average molecular weight is 621 g/mol. The van der Waals surface area contributed by atoms with Crippen molar-refractivity contribution in [3.05, 3.63) is 30.1 Å². The Hall–Kier alpha value is -2.71. The topological polar surface area (TPSA) is 137 Å². The fourth-order valence-electron chi connectivity index (χ4n) is 3.67. The minimum Gasteiger partial charge on any atom is -0.475 e. The lowest BCUT2D eigenvalue weighted by Crippen LogP contribution is -2.73. The van der Waals surface area contributed by atoms with Gasteiger partial charge in [0.25, 0.3) is 0 Å². The summed E-state index contributed by atoms with van der Waals surface area (Å²) in [5.41, 5.74) is -4.76. The number of likely N-dealkylation sites (N-methyl/N-ethyl adjacent to an activating group) is 1. The van der Waals surface area contributed by atoms with E-state index >= 15 is 0 Å². The third kappa shape index (κ3) is 10.0. The number of aromatic nitrogens is 1. The van der Waals surface area contributed by atoms with Crippen LogP contribution in [0, 0.1) is 5.92 Å². The maximum Gasteiger partial charge on any atom is 0.511 e. The van der Waals surface area contributed by atoms with Crippen molar-refractivity contribution >= 4 is 22.0 Å². The van der Waals surface area contributed by atoms with Gasteiger partial charge in [-0.3, -0.25) is 9.88 Å². The van der Waals surface area contributed by atoms with Gasteiger partial charge >= 0.3 is 39.8 Å². The number of rotatable bonds is 5. The van der Waals surface area contributed by atoms with Crippen LogP contribution in [0.3, 0.4) is 0 Å². The quantitative estimate of drug-likeness (QED) is 0.476. The number of halogens is 9. The number of carbonyl (C=O) groups is 2. The van der Waals surface area contributed by atoms with E-state index in [0.717, 1.165) is 12.0 Å². The maximum absolute atomic E-state index is 12.7. The van der Waals surface area contributed by atoms with Gasteiger partial charge in [0.2, 0.25) is 0 Å². The number of likely N-dealkylation sites (tertiary alicyclic amines) is 1. The molecule has 2 aliphatic heterocycles. The highest BCUT2D eigenvalue weighted by molar-refractivity contribution is 7.90. The number of hydrogen-bond donors (Lipinski definition) is 2. The first-order valence-corrected chi connectivity index (χ1v) is 12.3. The molecule has 2 fully saturated rings. The summed E-state index contributed by atoms with van der Waals surface area (Å²) in [4.78, 5) is 23.7. The van der Waals surface area contributed by atoms with Crippen LogP contribution >= 0.6 is 0 Å². The largest absolute Gasteiger partial charge is 0.511 e. The fraction of sp³-hybridized carbons (Fsp3) is 0.650. The molecule has 2 saturated heterocycles. The molecule has 1 aromatic rings. The third-order valence-electron chi connectivity index (χ3n) is 5.78. The van der Waals surface area contributed by atoms with Gasteiger partial charge in [-0.05, 0) is 50.0 Å². The molecule has 0 radical (unpaired) electrons. The second-order valence-electron chi connectivity index (χ2n) is 8.70. The van der Waals surface area contributed by atoms with Crippen molar-refractivity contribution in [2.24, 2.45) is 5.92 Å². The average Bonchev–Trinajstić information content (AvgIpc) is 2.78. The zero-order valence-electron chi connectivity index (χ0n) is 20.4. The Morgan fingerprint density at radius 1 is 1.00 bits per heavy atom. The van der Waals surface area contributed by atoms with Crippen LogP contribution in [0.2, 0.25) is 0 Å². The van der Waals surface area contributed by atoms with Crippen LogP contribution in [0.15, 0.2) is 24.5 Å². The van der Waals surface area contributed by atoms with E-state index in [1.807, 2.05) is 24.1 Å². The van der Waals surface area contributed by atoms with E-state index in [2.05, 4.69) is 4.98 Å². The minimum absolute atomic E-state index is 0.119. The van der Waals surface area contributed by atoms with Crippen molar-refractivity contribution < 1.29 is 72.5 Å². The summed E-state index contributed by atoms with van der Waals surface area (Å²) < 4.78 is 131. The molecule has 230 valence electrons. The van der Waals surface area contributed by atoms with Crippen LogP contribution in [-0.2, 0) is 31.0 Å². The van der Waals surface area contributed by atoms with Crippen LogP contribution in [-0.4, -0.2) is 101 Å². The van der Waals surface area contributed by atoms with Crippen LogP contribution in [0.1, 0.15) is 18.4 Å². The summed E-state index contributed by atoms with van der Waals surface area (Å²) in [5, 5.41) is 14.2. The second-order valence-corrected chi connectivity index (χ2v) is 10.6. The molecule has 1 spiro atoms. The van der Waals surface area contributed by atoms with Gasteiger partial charge in [-0.2, -0.15) is 43.8 Å². The number of ether oxygens (including phenoxy) is 1. The number of aliphatic carboxylic acids is 2. The lowest BCUT2D eigenvalue weighted by atomic mass is 9.77. The highest BCUT2D eigenvalue weighted by Crippen LogP contribution is 2.42. The molecule has 2 aliphatic rings. The zero-order chi connectivity index (χ0) is 31.2. The minimum atomic E-state index is -5.24. The van der Waals surface area contributed by atoms with Crippen molar-refractivity contribution in [2.45, 2.75) is 42.8 Å². The molecule has 10 nitrogen and oxygen atoms in total. The first-order chi connectivity index (χ1) is 18.0. The van der Waals surface area contributed by atoms with Crippen LogP contribution in [0.25, 0.3) is 0 Å². The van der Waals surface area contributed by atoms with Gasteiger partial charge < -0.3 is 14.9 Å². The van der Waals surface area contributed by atoms with Gasteiger partial charge in [-0.25, -0.2) is 18.0 Å². The SMILES string of the molecule is CN1CCC(COCc2ccncc2)CC12CN(S(=O)(=O)C(F)(F)F)C2.O=C(O)C(F)(F)F.O=C(O)C(F)(F)F. The van der Waals surface area contributed by atoms with E-state index in [0.29, 0.717) is 30.5 Å². The van der Waals surface area contributed by atoms with E-state index in [1.54, 1.807) is 12.4 Å². The summed E-state index contributed by atoms with van der Waals surface area (Å²) in [6.07, 6.45) is -5.29. The Kier molecular flexibility index (Phi) is 11.7. The summed E-state index contributed by atoms with van der Waals surface area (Å²) in [5.74, 6) is -5.32. The molecule has 20 heteroatoms. The summed E-state index contributed by atoms with van der Waals surface area (Å²) >= 11 is 0. The normalized spacial score (nSPS) is 19.9. The van der Waals surface area contributed by atoms with Gasteiger partial charge in [-0.15, -0.1) is 0 Å². The first kappa shape index (κ1) is 35.3. The molecule has 1 unspecified atom stereocenters. The molecule has 3 rings (SSSR count). The van der Waals surface area contributed by atoms with E-state index in [4.69, 9.17) is 24.5 Å². The first-order valence-electron chi connectivity index (χ1n) is 10.9. The number of carboxylic acid groups (broad SMARTS) is 2. The van der Waals surface area contributed by atoms with E-state index < -0.39 is 45.4 Å². The highest BCUT2D eigenvalue weighted by Gasteiger charge is 2.60. The number of carboxylic acids is 2. The number of pyridine rings is 1. The van der Waals surface area contributed by atoms with Gasteiger partial charge in [-0.1, -0.05) is 0 Å². The van der Waals surface area contributed by atoms with E-state index in [-0.39, 0.29) is 19.0 Å². The Bertz CT molecular complexity index is 1070. The second kappa shape index (κ2) is 13.3. The van der Waals surface area contributed by atoms with Gasteiger partial charge in [0.05, 0.1) is 6.61 Å². The molecule has 0 bridgehead atoms. The zero-order valence-corrected chi connectivity index (χ0v) is 21.2. The summed E-state index contributed by atoms with van der Waals surface area (Å²) in [6, 6.07) is 3.73. The predicted molar refractivity (Wildman–Crippen MR) is 116 cm³/mol. The number of hydrogen-bond acceptors (Lipinski definition) is 7. The van der Waals surface area contributed by atoms with Crippen molar-refractivity contribution in [2.75, 3.05) is 33.3 Å². The molecular formula is C20H24F9N3O7S. The van der Waals surface area contributed by atoms with Gasteiger partial charge in [0.1, 0.15) is 0 Å². The van der Waals surface area contributed by atoms with Crippen molar-refractivity contribution in [1.29, 1.82) is 0 Å². The monoisotopic (exact) mass is 621 g/mol. The number of sulfonamides is 1. The standard InChI is InChI=1S/C16H22F3N3O3S.2C2HF3O2/c1-21-7-4-14(10-25-9-13-2-5-20-6-3-13)8-15(21)11-22(12-15)26(23,24)16(17,18)19;2*3-2(4,5)1(6)7/h2-3,5-6,14H,4,7-12H2,1H3;2*(H,6,7). The molecular weight excluding hydrogens is 597 g/mol.